The number of nitrogens with one attached hydrogen (secondary N) is 1. The van der Waals surface area contributed by atoms with Gasteiger partial charge in [-0.25, -0.2) is 4.98 Å². The van der Waals surface area contributed by atoms with Crippen LogP contribution in [0.2, 0.25) is 0 Å². The third kappa shape index (κ3) is 5.78. The lowest BCUT2D eigenvalue weighted by Gasteiger charge is -2.34. The highest BCUT2D eigenvalue weighted by Gasteiger charge is 2.28. The van der Waals surface area contributed by atoms with Gasteiger partial charge in [-0.3, -0.25) is 19.4 Å². The molecule has 0 spiro atoms. The molecular formula is C24H31N5O4. The zero-order valence-electron chi connectivity index (χ0n) is 19.2. The standard InChI is InChI=1S/C24H31N5O4/c1-16(2)26-24-25-9-5-21(27-24)29(14-17-6-10-28(11-7-17)15-22(30)31)23(32)19-3-4-20-18(13-19)8-12-33-20/h3-5,9,13,16-17H,6-8,10-12,14-15H2,1-2H3,(H,30,31)(H,25,26,27). The predicted molar refractivity (Wildman–Crippen MR) is 125 cm³/mol. The molecule has 0 radical (unpaired) electrons. The number of fused-ring (bicyclic) bond motifs is 1. The summed E-state index contributed by atoms with van der Waals surface area (Å²) in [5.74, 6) is 1.23. The lowest BCUT2D eigenvalue weighted by Crippen LogP contribution is -2.42. The van der Waals surface area contributed by atoms with Crippen LogP contribution in [0, 0.1) is 5.92 Å². The molecule has 9 heteroatoms. The van der Waals surface area contributed by atoms with Crippen molar-refractivity contribution in [2.75, 3.05) is 43.0 Å². The molecule has 9 nitrogen and oxygen atoms in total. The van der Waals surface area contributed by atoms with Gasteiger partial charge in [0.25, 0.3) is 5.91 Å². The number of hydrogen-bond donors (Lipinski definition) is 2. The second kappa shape index (κ2) is 10.2. The molecular weight excluding hydrogens is 422 g/mol. The molecule has 4 rings (SSSR count). The average Bonchev–Trinajstić information content (AvgIpc) is 3.25. The summed E-state index contributed by atoms with van der Waals surface area (Å²) in [6.45, 7) is 6.65. The third-order valence-corrected chi connectivity index (χ3v) is 6.02. The van der Waals surface area contributed by atoms with Crippen molar-refractivity contribution in [2.24, 2.45) is 5.92 Å². The summed E-state index contributed by atoms with van der Waals surface area (Å²) in [6, 6.07) is 7.52. The second-order valence-electron chi connectivity index (χ2n) is 8.99. The minimum Gasteiger partial charge on any atom is -0.493 e. The summed E-state index contributed by atoms with van der Waals surface area (Å²) in [7, 11) is 0. The first-order chi connectivity index (χ1) is 15.9. The fourth-order valence-corrected chi connectivity index (χ4v) is 4.36. The van der Waals surface area contributed by atoms with Crippen LogP contribution in [-0.2, 0) is 11.2 Å². The van der Waals surface area contributed by atoms with Crippen LogP contribution in [0.15, 0.2) is 30.5 Å². The van der Waals surface area contributed by atoms with E-state index in [-0.39, 0.29) is 24.4 Å². The summed E-state index contributed by atoms with van der Waals surface area (Å²) in [4.78, 5) is 37.3. The van der Waals surface area contributed by atoms with Gasteiger partial charge in [-0.15, -0.1) is 0 Å². The Morgan fingerprint density at radius 1 is 1.27 bits per heavy atom. The van der Waals surface area contributed by atoms with E-state index >= 15 is 0 Å². The largest absolute Gasteiger partial charge is 0.493 e. The molecule has 0 unspecified atom stereocenters. The second-order valence-corrected chi connectivity index (χ2v) is 8.99. The highest BCUT2D eigenvalue weighted by atomic mass is 16.5. The van der Waals surface area contributed by atoms with Crippen molar-refractivity contribution in [1.82, 2.24) is 14.9 Å². The Morgan fingerprint density at radius 2 is 2.06 bits per heavy atom. The van der Waals surface area contributed by atoms with Gasteiger partial charge in [-0.2, -0.15) is 4.98 Å². The average molecular weight is 454 g/mol. The summed E-state index contributed by atoms with van der Waals surface area (Å²) < 4.78 is 5.59. The lowest BCUT2D eigenvalue weighted by atomic mass is 9.95. The Balaban J connectivity index is 1.56. The van der Waals surface area contributed by atoms with Crippen molar-refractivity contribution < 1.29 is 19.4 Å². The van der Waals surface area contributed by atoms with Crippen LogP contribution >= 0.6 is 0 Å². The number of amides is 1. The van der Waals surface area contributed by atoms with Gasteiger partial charge in [0.1, 0.15) is 11.6 Å². The van der Waals surface area contributed by atoms with Crippen LogP contribution < -0.4 is 15.0 Å². The smallest absolute Gasteiger partial charge is 0.317 e. The zero-order chi connectivity index (χ0) is 23.4. The minimum absolute atomic E-state index is 0.0582. The number of carbonyl (C=O) groups is 2. The molecule has 1 aromatic heterocycles. The number of anilines is 2. The Labute approximate surface area is 193 Å². The number of likely N-dealkylation sites (tertiary alicyclic amines) is 1. The number of carbonyl (C=O) groups excluding carboxylic acids is 1. The fraction of sp³-hybridized carbons (Fsp3) is 0.500. The Kier molecular flexibility index (Phi) is 7.08. The first-order valence-electron chi connectivity index (χ1n) is 11.5. The van der Waals surface area contributed by atoms with Crippen LogP contribution in [0.5, 0.6) is 5.75 Å². The maximum absolute atomic E-state index is 13.7. The number of nitrogens with zero attached hydrogens (tertiary/aromatic N) is 4. The van der Waals surface area contributed by atoms with Gasteiger partial charge in [0.15, 0.2) is 0 Å². The molecule has 1 aromatic carbocycles. The van der Waals surface area contributed by atoms with Crippen molar-refractivity contribution in [3.8, 4) is 5.75 Å². The predicted octanol–water partition coefficient (Wildman–Crippen LogP) is 2.68. The first-order valence-corrected chi connectivity index (χ1v) is 11.5. The summed E-state index contributed by atoms with van der Waals surface area (Å²) >= 11 is 0. The van der Waals surface area contributed by atoms with E-state index in [1.165, 1.54) is 0 Å². The number of rotatable bonds is 8. The SMILES string of the molecule is CC(C)Nc1nccc(N(CC2CCN(CC(=O)O)CC2)C(=O)c2ccc3c(c2)CCO3)n1. The van der Waals surface area contributed by atoms with Crippen LogP contribution in [0.3, 0.4) is 0 Å². The molecule has 1 saturated heterocycles. The highest BCUT2D eigenvalue weighted by Crippen LogP contribution is 2.28. The van der Waals surface area contributed by atoms with Crippen LogP contribution in [0.25, 0.3) is 0 Å². The monoisotopic (exact) mass is 453 g/mol. The van der Waals surface area contributed by atoms with E-state index in [4.69, 9.17) is 9.84 Å². The number of aromatic nitrogens is 2. The van der Waals surface area contributed by atoms with Crippen molar-refractivity contribution in [1.29, 1.82) is 0 Å². The molecule has 0 bridgehead atoms. The number of carboxylic acids is 1. The van der Waals surface area contributed by atoms with Gasteiger partial charge in [-0.05, 0) is 75.5 Å². The molecule has 2 aliphatic rings. The quantitative estimate of drug-likeness (QED) is 0.628. The number of piperidine rings is 1. The van der Waals surface area contributed by atoms with E-state index in [0.29, 0.717) is 43.6 Å². The van der Waals surface area contributed by atoms with E-state index in [9.17, 15) is 9.59 Å². The van der Waals surface area contributed by atoms with Gasteiger partial charge in [-0.1, -0.05) is 0 Å². The summed E-state index contributed by atoms with van der Waals surface area (Å²) in [5, 5.41) is 12.3. The molecule has 1 fully saturated rings. The molecule has 0 atom stereocenters. The van der Waals surface area contributed by atoms with E-state index in [2.05, 4.69) is 15.3 Å². The van der Waals surface area contributed by atoms with E-state index in [1.54, 1.807) is 17.2 Å². The zero-order valence-corrected chi connectivity index (χ0v) is 19.2. The van der Waals surface area contributed by atoms with Gasteiger partial charge in [0.2, 0.25) is 5.95 Å². The molecule has 0 saturated carbocycles. The molecule has 3 heterocycles. The Morgan fingerprint density at radius 3 is 2.79 bits per heavy atom. The van der Waals surface area contributed by atoms with Crippen LogP contribution in [0.4, 0.5) is 11.8 Å². The van der Waals surface area contributed by atoms with Crippen molar-refractivity contribution in [3.63, 3.8) is 0 Å². The van der Waals surface area contributed by atoms with Gasteiger partial charge in [0.05, 0.1) is 13.2 Å². The van der Waals surface area contributed by atoms with E-state index in [1.807, 2.05) is 36.9 Å². The third-order valence-electron chi connectivity index (χ3n) is 6.02. The topological polar surface area (TPSA) is 108 Å². The molecule has 33 heavy (non-hydrogen) atoms. The normalized spacial score (nSPS) is 16.3. The Bertz CT molecular complexity index is 1000. The highest BCUT2D eigenvalue weighted by molar-refractivity contribution is 6.05. The fourth-order valence-electron chi connectivity index (χ4n) is 4.36. The molecule has 1 amide bonds. The van der Waals surface area contributed by atoms with Crippen LogP contribution in [0.1, 0.15) is 42.6 Å². The van der Waals surface area contributed by atoms with E-state index < -0.39 is 5.97 Å². The van der Waals surface area contributed by atoms with Crippen molar-refractivity contribution in [2.45, 2.75) is 39.2 Å². The van der Waals surface area contributed by atoms with Crippen LogP contribution in [-0.4, -0.2) is 70.7 Å². The summed E-state index contributed by atoms with van der Waals surface area (Å²) in [6.07, 6.45) is 4.13. The Hall–Kier alpha value is -3.20. The van der Waals surface area contributed by atoms with Gasteiger partial charge >= 0.3 is 5.97 Å². The summed E-state index contributed by atoms with van der Waals surface area (Å²) in [5.41, 5.74) is 1.66. The maximum Gasteiger partial charge on any atom is 0.317 e. The minimum atomic E-state index is -0.808. The van der Waals surface area contributed by atoms with Gasteiger partial charge in [0, 0.05) is 30.8 Å². The van der Waals surface area contributed by atoms with Crippen molar-refractivity contribution in [3.05, 3.63) is 41.6 Å². The molecule has 2 aromatic rings. The lowest BCUT2D eigenvalue weighted by molar-refractivity contribution is -0.138. The first kappa shape index (κ1) is 23.0. The molecule has 2 aliphatic heterocycles. The molecule has 176 valence electrons. The van der Waals surface area contributed by atoms with Gasteiger partial charge < -0.3 is 15.2 Å². The molecule has 0 aliphatic carbocycles. The molecule has 2 N–H and O–H groups in total. The number of ether oxygens (including phenoxy) is 1. The number of benzene rings is 1. The number of hydrogen-bond acceptors (Lipinski definition) is 7. The maximum atomic E-state index is 13.7. The number of aliphatic carboxylic acids is 1. The number of carboxylic acid groups (broad SMARTS) is 1. The van der Waals surface area contributed by atoms with Crippen molar-refractivity contribution >= 4 is 23.6 Å². The van der Waals surface area contributed by atoms with E-state index in [0.717, 1.165) is 30.6 Å².